The van der Waals surface area contributed by atoms with Crippen LogP contribution in [-0.2, 0) is 0 Å². The Morgan fingerprint density at radius 3 is 2.70 bits per heavy atom. The second-order valence-corrected chi connectivity index (χ2v) is 6.86. The highest BCUT2D eigenvalue weighted by molar-refractivity contribution is 6.33. The van der Waals surface area contributed by atoms with Crippen LogP contribution in [0.5, 0.6) is 5.88 Å². The molecule has 27 heavy (non-hydrogen) atoms. The van der Waals surface area contributed by atoms with E-state index in [1.807, 2.05) is 18.2 Å². The fourth-order valence-corrected chi connectivity index (χ4v) is 3.50. The number of piperazine rings is 1. The van der Waals surface area contributed by atoms with E-state index in [-0.39, 0.29) is 5.91 Å². The number of carbonyl (C=O) groups excluding carboxylic acids is 1. The molecule has 1 aromatic carbocycles. The van der Waals surface area contributed by atoms with Gasteiger partial charge < -0.3 is 15.0 Å². The van der Waals surface area contributed by atoms with Crippen molar-refractivity contribution in [3.63, 3.8) is 0 Å². The van der Waals surface area contributed by atoms with Crippen LogP contribution in [0.1, 0.15) is 16.8 Å². The van der Waals surface area contributed by atoms with Crippen molar-refractivity contribution in [2.45, 2.75) is 6.42 Å². The summed E-state index contributed by atoms with van der Waals surface area (Å²) in [5.74, 6) is 0.203. The molecule has 0 atom stereocenters. The van der Waals surface area contributed by atoms with E-state index in [2.05, 4.69) is 26.2 Å². The second kappa shape index (κ2) is 9.58. The van der Waals surface area contributed by atoms with Gasteiger partial charge in [0.25, 0.3) is 5.91 Å². The molecule has 1 N–H and O–H groups in total. The Balaban J connectivity index is 1.38. The molecular weight excluding hydrogens is 364 g/mol. The molecule has 144 valence electrons. The van der Waals surface area contributed by atoms with Crippen molar-refractivity contribution >= 4 is 23.2 Å². The number of ether oxygens (including phenoxy) is 1. The lowest BCUT2D eigenvalue weighted by atomic mass is 10.2. The van der Waals surface area contributed by atoms with Gasteiger partial charge in [-0.05, 0) is 37.2 Å². The molecule has 2 heterocycles. The standard InChI is InChI=1S/C20H25ClN4O2/c1-27-20-16(6-4-9-23-20)19(26)22-10-5-11-24-12-14-25(15-13-24)18-8-3-2-7-17(18)21/h2-4,6-9H,5,10-15H2,1H3,(H,22,26). The molecule has 1 fully saturated rings. The highest BCUT2D eigenvalue weighted by atomic mass is 35.5. The number of nitrogens with zero attached hydrogens (tertiary/aromatic N) is 3. The van der Waals surface area contributed by atoms with Gasteiger partial charge in [-0.25, -0.2) is 4.98 Å². The molecule has 0 bridgehead atoms. The molecule has 7 heteroatoms. The quantitative estimate of drug-likeness (QED) is 0.739. The topological polar surface area (TPSA) is 57.7 Å². The third kappa shape index (κ3) is 5.11. The van der Waals surface area contributed by atoms with Gasteiger partial charge in [0, 0.05) is 38.9 Å². The summed E-state index contributed by atoms with van der Waals surface area (Å²) < 4.78 is 5.13. The Morgan fingerprint density at radius 1 is 1.19 bits per heavy atom. The number of pyridine rings is 1. The van der Waals surface area contributed by atoms with Crippen molar-refractivity contribution < 1.29 is 9.53 Å². The number of methoxy groups -OCH3 is 1. The van der Waals surface area contributed by atoms with Gasteiger partial charge in [-0.3, -0.25) is 9.69 Å². The van der Waals surface area contributed by atoms with Crippen LogP contribution >= 0.6 is 11.6 Å². The maximum atomic E-state index is 12.2. The first-order valence-electron chi connectivity index (χ1n) is 9.18. The Labute approximate surface area is 165 Å². The molecule has 1 amide bonds. The number of halogens is 1. The largest absolute Gasteiger partial charge is 0.480 e. The average Bonchev–Trinajstić information content (AvgIpc) is 2.72. The van der Waals surface area contributed by atoms with Crippen LogP contribution in [0.15, 0.2) is 42.6 Å². The average molecular weight is 389 g/mol. The Kier molecular flexibility index (Phi) is 6.90. The van der Waals surface area contributed by atoms with E-state index < -0.39 is 0 Å². The smallest absolute Gasteiger partial charge is 0.256 e. The fourth-order valence-electron chi connectivity index (χ4n) is 3.25. The van der Waals surface area contributed by atoms with Crippen LogP contribution in [0.4, 0.5) is 5.69 Å². The van der Waals surface area contributed by atoms with Crippen LogP contribution in [0.2, 0.25) is 5.02 Å². The van der Waals surface area contributed by atoms with Crippen LogP contribution in [0, 0.1) is 0 Å². The lowest BCUT2D eigenvalue weighted by Gasteiger charge is -2.36. The van der Waals surface area contributed by atoms with Crippen molar-refractivity contribution in [3.8, 4) is 5.88 Å². The number of anilines is 1. The zero-order chi connectivity index (χ0) is 19.1. The zero-order valence-corrected chi connectivity index (χ0v) is 16.3. The van der Waals surface area contributed by atoms with Gasteiger partial charge in [-0.1, -0.05) is 23.7 Å². The van der Waals surface area contributed by atoms with Crippen molar-refractivity contribution in [1.82, 2.24) is 15.2 Å². The van der Waals surface area contributed by atoms with Gasteiger partial charge >= 0.3 is 0 Å². The van der Waals surface area contributed by atoms with Crippen LogP contribution in [-0.4, -0.2) is 62.2 Å². The SMILES string of the molecule is COc1ncccc1C(=O)NCCCN1CCN(c2ccccc2Cl)CC1. The lowest BCUT2D eigenvalue weighted by molar-refractivity contribution is 0.0947. The highest BCUT2D eigenvalue weighted by Gasteiger charge is 2.18. The summed E-state index contributed by atoms with van der Waals surface area (Å²) in [6.07, 6.45) is 2.51. The van der Waals surface area contributed by atoms with E-state index >= 15 is 0 Å². The maximum Gasteiger partial charge on any atom is 0.256 e. The molecule has 0 spiro atoms. The number of nitrogens with one attached hydrogen (secondary N) is 1. The number of benzene rings is 1. The summed E-state index contributed by atoms with van der Waals surface area (Å²) in [6.45, 7) is 5.50. The van der Waals surface area contributed by atoms with Gasteiger partial charge in [0.2, 0.25) is 5.88 Å². The Bertz CT molecular complexity index is 763. The van der Waals surface area contributed by atoms with Gasteiger partial charge in [0.1, 0.15) is 5.56 Å². The van der Waals surface area contributed by atoms with Crippen molar-refractivity contribution in [2.75, 3.05) is 51.3 Å². The van der Waals surface area contributed by atoms with E-state index in [1.54, 1.807) is 18.3 Å². The summed E-state index contributed by atoms with van der Waals surface area (Å²) in [7, 11) is 1.52. The van der Waals surface area contributed by atoms with Crippen molar-refractivity contribution in [3.05, 3.63) is 53.2 Å². The van der Waals surface area contributed by atoms with E-state index in [1.165, 1.54) is 7.11 Å². The first-order valence-corrected chi connectivity index (χ1v) is 9.56. The fraction of sp³-hybridized carbons (Fsp3) is 0.400. The minimum atomic E-state index is -0.150. The zero-order valence-electron chi connectivity index (χ0n) is 15.5. The first-order chi connectivity index (χ1) is 13.2. The van der Waals surface area contributed by atoms with Gasteiger partial charge in [0.15, 0.2) is 0 Å². The van der Waals surface area contributed by atoms with E-state index in [4.69, 9.17) is 16.3 Å². The second-order valence-electron chi connectivity index (χ2n) is 6.45. The number of amides is 1. The van der Waals surface area contributed by atoms with Gasteiger partial charge in [-0.15, -0.1) is 0 Å². The molecule has 2 aromatic rings. The number of hydrogen-bond acceptors (Lipinski definition) is 5. The van der Waals surface area contributed by atoms with Crippen molar-refractivity contribution in [1.29, 1.82) is 0 Å². The minimum Gasteiger partial charge on any atom is -0.480 e. The predicted octanol–water partition coefficient (Wildman–Crippen LogP) is 2.69. The Morgan fingerprint density at radius 2 is 1.96 bits per heavy atom. The predicted molar refractivity (Wildman–Crippen MR) is 108 cm³/mol. The third-order valence-corrected chi connectivity index (χ3v) is 5.03. The lowest BCUT2D eigenvalue weighted by Crippen LogP contribution is -2.47. The molecule has 3 rings (SSSR count). The number of rotatable bonds is 7. The molecule has 0 aliphatic carbocycles. The summed E-state index contributed by atoms with van der Waals surface area (Å²) >= 11 is 6.29. The third-order valence-electron chi connectivity index (χ3n) is 4.71. The van der Waals surface area contributed by atoms with E-state index in [0.717, 1.165) is 49.9 Å². The molecule has 0 saturated carbocycles. The monoisotopic (exact) mass is 388 g/mol. The van der Waals surface area contributed by atoms with E-state index in [0.29, 0.717) is 18.0 Å². The minimum absolute atomic E-state index is 0.150. The molecular formula is C20H25ClN4O2. The summed E-state index contributed by atoms with van der Waals surface area (Å²) in [4.78, 5) is 21.0. The van der Waals surface area contributed by atoms with Crippen LogP contribution in [0.3, 0.4) is 0 Å². The summed E-state index contributed by atoms with van der Waals surface area (Å²) in [5, 5.41) is 3.75. The highest BCUT2D eigenvalue weighted by Crippen LogP contribution is 2.26. The van der Waals surface area contributed by atoms with Crippen LogP contribution < -0.4 is 15.0 Å². The number of carbonyl (C=O) groups is 1. The molecule has 1 aromatic heterocycles. The molecule has 0 radical (unpaired) electrons. The molecule has 6 nitrogen and oxygen atoms in total. The van der Waals surface area contributed by atoms with E-state index in [9.17, 15) is 4.79 Å². The molecule has 0 unspecified atom stereocenters. The summed E-state index contributed by atoms with van der Waals surface area (Å²) in [5.41, 5.74) is 1.57. The molecule has 1 saturated heterocycles. The first kappa shape index (κ1) is 19.5. The van der Waals surface area contributed by atoms with Gasteiger partial charge in [0.05, 0.1) is 17.8 Å². The number of para-hydroxylation sites is 1. The maximum absolute atomic E-state index is 12.2. The summed E-state index contributed by atoms with van der Waals surface area (Å²) in [6, 6.07) is 11.4. The van der Waals surface area contributed by atoms with Crippen molar-refractivity contribution in [2.24, 2.45) is 0 Å². The molecule has 1 aliphatic rings. The van der Waals surface area contributed by atoms with Gasteiger partial charge in [-0.2, -0.15) is 0 Å². The normalized spacial score (nSPS) is 14.8. The Hall–Kier alpha value is -2.31. The molecule has 1 aliphatic heterocycles. The number of hydrogen-bond donors (Lipinski definition) is 1. The number of aromatic nitrogens is 1. The van der Waals surface area contributed by atoms with Crippen LogP contribution in [0.25, 0.3) is 0 Å².